The van der Waals surface area contributed by atoms with Gasteiger partial charge in [0.05, 0.1) is 6.04 Å². The van der Waals surface area contributed by atoms with E-state index in [0.29, 0.717) is 10.6 Å². The Labute approximate surface area is 126 Å². The molecule has 1 heterocycles. The Morgan fingerprint density at radius 1 is 1.30 bits per heavy atom. The predicted molar refractivity (Wildman–Crippen MR) is 82.4 cm³/mol. The summed E-state index contributed by atoms with van der Waals surface area (Å²) in [5, 5.41) is 0.562. The molecule has 1 fully saturated rings. The molecule has 2 atom stereocenters. The SMILES string of the molecule is CC(C)(C)N1CCCCC(N)C1c1cc(Cl)ccc1F. The Hall–Kier alpha value is -0.640. The lowest BCUT2D eigenvalue weighted by atomic mass is 9.92. The van der Waals surface area contributed by atoms with Crippen molar-refractivity contribution >= 4 is 11.6 Å². The third-order valence-electron chi connectivity index (χ3n) is 4.07. The van der Waals surface area contributed by atoms with Gasteiger partial charge in [0.25, 0.3) is 0 Å². The second-order valence-electron chi connectivity index (χ2n) is 6.63. The number of rotatable bonds is 1. The van der Waals surface area contributed by atoms with Crippen LogP contribution in [0.5, 0.6) is 0 Å². The fourth-order valence-corrected chi connectivity index (χ4v) is 3.26. The zero-order chi connectivity index (χ0) is 14.9. The van der Waals surface area contributed by atoms with E-state index < -0.39 is 0 Å². The van der Waals surface area contributed by atoms with Gasteiger partial charge in [-0.15, -0.1) is 0 Å². The summed E-state index contributed by atoms with van der Waals surface area (Å²) < 4.78 is 14.3. The van der Waals surface area contributed by atoms with E-state index in [9.17, 15) is 4.39 Å². The minimum Gasteiger partial charge on any atom is -0.326 e. The van der Waals surface area contributed by atoms with Crippen LogP contribution in [0.3, 0.4) is 0 Å². The van der Waals surface area contributed by atoms with Gasteiger partial charge >= 0.3 is 0 Å². The second kappa shape index (κ2) is 6.00. The third kappa shape index (κ3) is 3.33. The fourth-order valence-electron chi connectivity index (χ4n) is 3.08. The molecule has 20 heavy (non-hydrogen) atoms. The number of hydrogen-bond acceptors (Lipinski definition) is 2. The van der Waals surface area contributed by atoms with Crippen LogP contribution in [0.25, 0.3) is 0 Å². The molecule has 0 aromatic heterocycles. The maximum Gasteiger partial charge on any atom is 0.128 e. The van der Waals surface area contributed by atoms with Crippen LogP contribution in [0.2, 0.25) is 5.02 Å². The molecule has 0 radical (unpaired) electrons. The summed E-state index contributed by atoms with van der Waals surface area (Å²) in [5.41, 5.74) is 6.94. The molecular formula is C16H24ClFN2. The van der Waals surface area contributed by atoms with Gasteiger partial charge in [0.15, 0.2) is 0 Å². The largest absolute Gasteiger partial charge is 0.326 e. The summed E-state index contributed by atoms with van der Waals surface area (Å²) in [7, 11) is 0. The second-order valence-corrected chi connectivity index (χ2v) is 7.07. The molecule has 112 valence electrons. The van der Waals surface area contributed by atoms with E-state index in [2.05, 4.69) is 25.7 Å². The number of halogens is 2. The van der Waals surface area contributed by atoms with Crippen LogP contribution in [0.4, 0.5) is 4.39 Å². The average molecular weight is 299 g/mol. The van der Waals surface area contributed by atoms with Crippen molar-refractivity contribution in [2.45, 2.75) is 57.7 Å². The van der Waals surface area contributed by atoms with Gasteiger partial charge in [0.2, 0.25) is 0 Å². The summed E-state index contributed by atoms with van der Waals surface area (Å²) in [6.07, 6.45) is 3.11. The van der Waals surface area contributed by atoms with Gasteiger partial charge in [0.1, 0.15) is 5.82 Å². The van der Waals surface area contributed by atoms with E-state index in [4.69, 9.17) is 17.3 Å². The highest BCUT2D eigenvalue weighted by Crippen LogP contribution is 2.36. The van der Waals surface area contributed by atoms with Crippen LogP contribution in [0.15, 0.2) is 18.2 Å². The predicted octanol–water partition coefficient (Wildman–Crippen LogP) is 4.13. The van der Waals surface area contributed by atoms with E-state index >= 15 is 0 Å². The first-order valence-corrected chi connectivity index (χ1v) is 7.66. The van der Waals surface area contributed by atoms with Crippen molar-refractivity contribution in [2.75, 3.05) is 6.54 Å². The molecule has 2 unspecified atom stereocenters. The number of nitrogens with two attached hydrogens (primary N) is 1. The number of benzene rings is 1. The smallest absolute Gasteiger partial charge is 0.128 e. The Balaban J connectivity index is 2.48. The highest BCUT2D eigenvalue weighted by Gasteiger charge is 2.36. The summed E-state index contributed by atoms with van der Waals surface area (Å²) in [5.74, 6) is -0.217. The molecule has 0 amide bonds. The van der Waals surface area contributed by atoms with Crippen molar-refractivity contribution in [3.05, 3.63) is 34.6 Å². The summed E-state index contributed by atoms with van der Waals surface area (Å²) in [4.78, 5) is 2.32. The van der Waals surface area contributed by atoms with E-state index in [1.165, 1.54) is 6.07 Å². The number of hydrogen-bond donors (Lipinski definition) is 1. The Bertz CT molecular complexity index is 470. The molecule has 1 aliphatic rings. The standard InChI is InChI=1S/C16H24ClFN2/c1-16(2,3)20-9-5-4-6-14(19)15(20)12-10-11(17)7-8-13(12)18/h7-8,10,14-15H,4-6,9,19H2,1-3H3. The molecule has 1 aromatic rings. The van der Waals surface area contributed by atoms with Gasteiger partial charge in [0, 0.05) is 22.2 Å². The molecule has 0 spiro atoms. The van der Waals surface area contributed by atoms with Gasteiger partial charge in [-0.05, 0) is 58.4 Å². The lowest BCUT2D eigenvalue weighted by Gasteiger charge is -2.43. The van der Waals surface area contributed by atoms with Crippen LogP contribution in [-0.2, 0) is 0 Å². The van der Waals surface area contributed by atoms with Gasteiger partial charge in [-0.2, -0.15) is 0 Å². The Kier molecular flexibility index (Phi) is 4.73. The molecule has 2 rings (SSSR count). The first-order valence-electron chi connectivity index (χ1n) is 7.28. The van der Waals surface area contributed by atoms with Crippen LogP contribution < -0.4 is 5.73 Å². The normalized spacial score (nSPS) is 25.5. The number of likely N-dealkylation sites (tertiary alicyclic amines) is 1. The molecule has 2 N–H and O–H groups in total. The minimum absolute atomic E-state index is 0.0542. The molecule has 1 aliphatic heterocycles. The lowest BCUT2D eigenvalue weighted by molar-refractivity contribution is 0.0736. The van der Waals surface area contributed by atoms with Crippen molar-refractivity contribution in [2.24, 2.45) is 5.73 Å². The van der Waals surface area contributed by atoms with E-state index in [1.807, 2.05) is 0 Å². The molecule has 1 aromatic carbocycles. The van der Waals surface area contributed by atoms with Crippen LogP contribution in [0, 0.1) is 5.82 Å². The van der Waals surface area contributed by atoms with E-state index in [0.717, 1.165) is 25.8 Å². The molecule has 2 nitrogen and oxygen atoms in total. The van der Waals surface area contributed by atoms with E-state index in [1.54, 1.807) is 12.1 Å². The monoisotopic (exact) mass is 298 g/mol. The van der Waals surface area contributed by atoms with Gasteiger partial charge in [-0.25, -0.2) is 4.39 Å². The maximum atomic E-state index is 14.3. The fraction of sp³-hybridized carbons (Fsp3) is 0.625. The highest BCUT2D eigenvalue weighted by molar-refractivity contribution is 6.30. The zero-order valence-electron chi connectivity index (χ0n) is 12.5. The van der Waals surface area contributed by atoms with Crippen molar-refractivity contribution in [1.29, 1.82) is 0 Å². The van der Waals surface area contributed by atoms with E-state index in [-0.39, 0.29) is 23.4 Å². The molecular weight excluding hydrogens is 275 g/mol. The van der Waals surface area contributed by atoms with Gasteiger partial charge in [-0.1, -0.05) is 18.0 Å². The zero-order valence-corrected chi connectivity index (χ0v) is 13.3. The number of nitrogens with zero attached hydrogens (tertiary/aromatic N) is 1. The first kappa shape index (κ1) is 15.7. The quantitative estimate of drug-likeness (QED) is 0.844. The molecule has 4 heteroatoms. The topological polar surface area (TPSA) is 29.3 Å². The van der Waals surface area contributed by atoms with Crippen molar-refractivity contribution in [3.63, 3.8) is 0 Å². The van der Waals surface area contributed by atoms with Crippen LogP contribution >= 0.6 is 11.6 Å². The Morgan fingerprint density at radius 3 is 2.65 bits per heavy atom. The third-order valence-corrected chi connectivity index (χ3v) is 4.30. The van der Waals surface area contributed by atoms with Crippen molar-refractivity contribution < 1.29 is 4.39 Å². The van der Waals surface area contributed by atoms with Crippen LogP contribution in [-0.4, -0.2) is 23.0 Å². The van der Waals surface area contributed by atoms with Crippen molar-refractivity contribution in [1.82, 2.24) is 4.90 Å². The minimum atomic E-state index is -0.217. The summed E-state index contributed by atoms with van der Waals surface area (Å²) in [6.45, 7) is 7.40. The molecule has 1 saturated heterocycles. The maximum absolute atomic E-state index is 14.3. The highest BCUT2D eigenvalue weighted by atomic mass is 35.5. The summed E-state index contributed by atoms with van der Waals surface area (Å²) in [6, 6.07) is 4.58. The Morgan fingerprint density at radius 2 is 2.00 bits per heavy atom. The van der Waals surface area contributed by atoms with Crippen molar-refractivity contribution in [3.8, 4) is 0 Å². The van der Waals surface area contributed by atoms with Crippen LogP contribution in [0.1, 0.15) is 51.6 Å². The molecule has 0 aliphatic carbocycles. The van der Waals surface area contributed by atoms with Gasteiger partial charge in [-0.3, -0.25) is 4.90 Å². The molecule has 0 bridgehead atoms. The molecule has 0 saturated carbocycles. The average Bonchev–Trinajstić information content (AvgIpc) is 2.54. The summed E-state index contributed by atoms with van der Waals surface area (Å²) >= 11 is 6.06. The lowest BCUT2D eigenvalue weighted by Crippen LogP contribution is -2.49. The van der Waals surface area contributed by atoms with Gasteiger partial charge < -0.3 is 5.73 Å². The first-order chi connectivity index (χ1) is 9.30.